The normalized spacial score (nSPS) is 11.6. The number of rotatable bonds is 4. The first kappa shape index (κ1) is 13.7. The third kappa shape index (κ3) is 3.85. The van der Waals surface area contributed by atoms with E-state index in [1.807, 2.05) is 0 Å². The van der Waals surface area contributed by atoms with Gasteiger partial charge in [0.05, 0.1) is 5.69 Å². The second-order valence-corrected chi connectivity index (χ2v) is 5.99. The van der Waals surface area contributed by atoms with Crippen LogP contribution in [-0.4, -0.2) is 15.7 Å². The van der Waals surface area contributed by atoms with Crippen LogP contribution in [0.15, 0.2) is 30.3 Å². The molecule has 0 bridgehead atoms. The van der Waals surface area contributed by atoms with E-state index in [0.717, 1.165) is 17.9 Å². The summed E-state index contributed by atoms with van der Waals surface area (Å²) in [5.41, 5.74) is 3.64. The number of hydrogen-bond donors (Lipinski definition) is 2. The summed E-state index contributed by atoms with van der Waals surface area (Å²) in [5, 5.41) is 10.7. The summed E-state index contributed by atoms with van der Waals surface area (Å²) in [7, 11) is 0. The van der Waals surface area contributed by atoms with Crippen molar-refractivity contribution in [1.29, 1.82) is 0 Å². The second kappa shape index (κ2) is 5.47. The summed E-state index contributed by atoms with van der Waals surface area (Å²) in [4.78, 5) is 0. The first-order valence-corrected chi connectivity index (χ1v) is 6.91. The molecule has 3 heteroatoms. The van der Waals surface area contributed by atoms with Crippen LogP contribution in [0.2, 0.25) is 0 Å². The van der Waals surface area contributed by atoms with E-state index in [1.54, 1.807) is 0 Å². The minimum Gasteiger partial charge on any atom is -0.364 e. The van der Waals surface area contributed by atoms with E-state index in [-0.39, 0.29) is 5.54 Å². The van der Waals surface area contributed by atoms with Gasteiger partial charge in [-0.1, -0.05) is 37.6 Å². The van der Waals surface area contributed by atoms with Crippen LogP contribution >= 0.6 is 0 Å². The monoisotopic (exact) mass is 257 g/mol. The summed E-state index contributed by atoms with van der Waals surface area (Å²) in [6, 6.07) is 10.7. The summed E-state index contributed by atoms with van der Waals surface area (Å²) in [5.74, 6) is 0.889. The van der Waals surface area contributed by atoms with Gasteiger partial charge in [0, 0.05) is 11.6 Å². The standard InChI is InChI=1S/C16H23N3/c1-5-6-12-7-9-13(10-8-12)14-11-15(19-18-14)17-16(2,3)4/h7-11H,5-6H2,1-4H3,(H2,17,18,19). The number of H-pyrrole nitrogens is 1. The predicted octanol–water partition coefficient (Wildman–Crippen LogP) is 4.24. The van der Waals surface area contributed by atoms with Gasteiger partial charge in [-0.2, -0.15) is 5.10 Å². The fourth-order valence-electron chi connectivity index (χ4n) is 2.06. The van der Waals surface area contributed by atoms with Crippen molar-refractivity contribution in [1.82, 2.24) is 10.2 Å². The third-order valence-electron chi connectivity index (χ3n) is 2.88. The molecular formula is C16H23N3. The maximum absolute atomic E-state index is 4.30. The summed E-state index contributed by atoms with van der Waals surface area (Å²) in [6.07, 6.45) is 2.32. The number of nitrogens with one attached hydrogen (secondary N) is 2. The van der Waals surface area contributed by atoms with Crippen molar-refractivity contribution < 1.29 is 0 Å². The maximum atomic E-state index is 4.30. The van der Waals surface area contributed by atoms with Crippen molar-refractivity contribution in [2.24, 2.45) is 0 Å². The Hall–Kier alpha value is -1.77. The van der Waals surface area contributed by atoms with E-state index in [9.17, 15) is 0 Å². The van der Waals surface area contributed by atoms with E-state index < -0.39 is 0 Å². The Labute approximate surface area is 115 Å². The molecule has 102 valence electrons. The number of hydrogen-bond acceptors (Lipinski definition) is 2. The summed E-state index contributed by atoms with van der Waals surface area (Å²) in [6.45, 7) is 8.58. The minimum atomic E-state index is 0.0252. The molecule has 0 spiro atoms. The fraction of sp³-hybridized carbons (Fsp3) is 0.438. The average Bonchev–Trinajstić information content (AvgIpc) is 2.76. The van der Waals surface area contributed by atoms with E-state index in [2.05, 4.69) is 73.5 Å². The van der Waals surface area contributed by atoms with Gasteiger partial charge in [-0.05, 0) is 38.3 Å². The largest absolute Gasteiger partial charge is 0.364 e. The number of aryl methyl sites for hydroxylation is 1. The molecule has 0 fully saturated rings. The number of anilines is 1. The van der Waals surface area contributed by atoms with Gasteiger partial charge in [0.1, 0.15) is 5.82 Å². The van der Waals surface area contributed by atoms with Gasteiger partial charge in [-0.3, -0.25) is 5.10 Å². The zero-order valence-corrected chi connectivity index (χ0v) is 12.2. The number of aromatic amines is 1. The zero-order chi connectivity index (χ0) is 13.9. The molecule has 0 aliphatic carbocycles. The van der Waals surface area contributed by atoms with Crippen molar-refractivity contribution in [3.63, 3.8) is 0 Å². The Morgan fingerprint density at radius 1 is 1.16 bits per heavy atom. The number of aromatic nitrogens is 2. The number of nitrogens with zero attached hydrogens (tertiary/aromatic N) is 1. The Morgan fingerprint density at radius 3 is 2.42 bits per heavy atom. The van der Waals surface area contributed by atoms with Crippen LogP contribution in [0.4, 0.5) is 5.82 Å². The first-order valence-electron chi connectivity index (χ1n) is 6.91. The Bertz CT molecular complexity index is 518. The predicted molar refractivity (Wildman–Crippen MR) is 81.4 cm³/mol. The molecule has 1 aromatic carbocycles. The summed E-state index contributed by atoms with van der Waals surface area (Å²) < 4.78 is 0. The van der Waals surface area contributed by atoms with E-state index in [4.69, 9.17) is 0 Å². The molecule has 1 aromatic heterocycles. The molecule has 0 amide bonds. The first-order chi connectivity index (χ1) is 8.98. The lowest BCUT2D eigenvalue weighted by Crippen LogP contribution is -2.26. The van der Waals surface area contributed by atoms with Gasteiger partial charge >= 0.3 is 0 Å². The minimum absolute atomic E-state index is 0.0252. The van der Waals surface area contributed by atoms with Crippen LogP contribution in [0, 0.1) is 0 Å². The van der Waals surface area contributed by atoms with Crippen LogP contribution in [0.1, 0.15) is 39.7 Å². The highest BCUT2D eigenvalue weighted by Crippen LogP contribution is 2.22. The van der Waals surface area contributed by atoms with E-state index >= 15 is 0 Å². The smallest absolute Gasteiger partial charge is 0.148 e. The highest BCUT2D eigenvalue weighted by atomic mass is 15.2. The highest BCUT2D eigenvalue weighted by Gasteiger charge is 2.12. The molecule has 0 saturated heterocycles. The lowest BCUT2D eigenvalue weighted by molar-refractivity contribution is 0.630. The molecule has 3 nitrogen and oxygen atoms in total. The summed E-state index contributed by atoms with van der Waals surface area (Å²) >= 11 is 0. The Balaban J connectivity index is 2.13. The van der Waals surface area contributed by atoms with Crippen molar-refractivity contribution in [3.8, 4) is 11.3 Å². The fourth-order valence-corrected chi connectivity index (χ4v) is 2.06. The van der Waals surface area contributed by atoms with E-state index in [1.165, 1.54) is 17.5 Å². The van der Waals surface area contributed by atoms with E-state index in [0.29, 0.717) is 0 Å². The molecule has 2 aromatic rings. The molecule has 0 aliphatic heterocycles. The molecule has 19 heavy (non-hydrogen) atoms. The Kier molecular flexibility index (Phi) is 3.93. The van der Waals surface area contributed by atoms with Gasteiger partial charge in [0.15, 0.2) is 0 Å². The van der Waals surface area contributed by atoms with Gasteiger partial charge in [0.25, 0.3) is 0 Å². The SMILES string of the molecule is CCCc1ccc(-c2cc(NC(C)(C)C)n[nH]2)cc1. The van der Waals surface area contributed by atoms with Crippen LogP contribution in [0.3, 0.4) is 0 Å². The molecule has 1 heterocycles. The topological polar surface area (TPSA) is 40.7 Å². The lowest BCUT2D eigenvalue weighted by Gasteiger charge is -2.19. The number of benzene rings is 1. The molecule has 0 saturated carbocycles. The molecule has 2 N–H and O–H groups in total. The maximum Gasteiger partial charge on any atom is 0.148 e. The van der Waals surface area contributed by atoms with Gasteiger partial charge in [-0.25, -0.2) is 0 Å². The lowest BCUT2D eigenvalue weighted by atomic mass is 10.1. The van der Waals surface area contributed by atoms with Crippen LogP contribution in [-0.2, 0) is 6.42 Å². The van der Waals surface area contributed by atoms with Crippen molar-refractivity contribution in [2.45, 2.75) is 46.1 Å². The Morgan fingerprint density at radius 2 is 1.84 bits per heavy atom. The van der Waals surface area contributed by atoms with Crippen molar-refractivity contribution >= 4 is 5.82 Å². The average molecular weight is 257 g/mol. The highest BCUT2D eigenvalue weighted by molar-refractivity contribution is 5.63. The van der Waals surface area contributed by atoms with Gasteiger partial charge < -0.3 is 5.32 Å². The van der Waals surface area contributed by atoms with Crippen LogP contribution in [0.5, 0.6) is 0 Å². The molecular weight excluding hydrogens is 234 g/mol. The molecule has 0 aliphatic rings. The molecule has 0 atom stereocenters. The van der Waals surface area contributed by atoms with Crippen molar-refractivity contribution in [2.75, 3.05) is 5.32 Å². The third-order valence-corrected chi connectivity index (χ3v) is 2.88. The quantitative estimate of drug-likeness (QED) is 0.860. The van der Waals surface area contributed by atoms with Gasteiger partial charge in [-0.15, -0.1) is 0 Å². The molecule has 2 rings (SSSR count). The van der Waals surface area contributed by atoms with Gasteiger partial charge in [0.2, 0.25) is 0 Å². The molecule has 0 unspecified atom stereocenters. The van der Waals surface area contributed by atoms with Crippen LogP contribution in [0.25, 0.3) is 11.3 Å². The second-order valence-electron chi connectivity index (χ2n) is 5.99. The molecule has 0 radical (unpaired) electrons. The zero-order valence-electron chi connectivity index (χ0n) is 12.2. The van der Waals surface area contributed by atoms with Crippen LogP contribution < -0.4 is 5.32 Å². The van der Waals surface area contributed by atoms with Crippen molar-refractivity contribution in [3.05, 3.63) is 35.9 Å².